The summed E-state index contributed by atoms with van der Waals surface area (Å²) in [7, 11) is 1.50. The van der Waals surface area contributed by atoms with Crippen LogP contribution < -0.4 is 0 Å². The molecule has 66 valence electrons. The molecular weight excluding hydrogens is 210 g/mol. The largest absolute Gasteiger partial charge is 0.353 e. The summed E-state index contributed by atoms with van der Waals surface area (Å²) in [6.07, 6.45) is -0.0864. The van der Waals surface area contributed by atoms with E-state index in [-0.39, 0.29) is 5.38 Å². The second kappa shape index (κ2) is 3.67. The summed E-state index contributed by atoms with van der Waals surface area (Å²) in [6.45, 7) is 0.432. The van der Waals surface area contributed by atoms with Gasteiger partial charge in [-0.3, -0.25) is 0 Å². The third kappa shape index (κ3) is 2.36. The van der Waals surface area contributed by atoms with E-state index in [0.29, 0.717) is 13.0 Å². The highest BCUT2D eigenvalue weighted by Crippen LogP contribution is 2.38. The highest BCUT2D eigenvalue weighted by molar-refractivity contribution is 6.49. The van der Waals surface area contributed by atoms with Gasteiger partial charge in [-0.15, -0.1) is 11.6 Å². The van der Waals surface area contributed by atoms with E-state index in [9.17, 15) is 0 Å². The number of methoxy groups -OCH3 is 1. The number of halogens is 3. The molecule has 1 heterocycles. The lowest BCUT2D eigenvalue weighted by Crippen LogP contribution is -2.44. The molecule has 11 heavy (non-hydrogen) atoms. The van der Waals surface area contributed by atoms with Crippen LogP contribution >= 0.6 is 34.8 Å². The Labute approximate surface area is 80.7 Å². The first-order chi connectivity index (χ1) is 5.06. The summed E-state index contributed by atoms with van der Waals surface area (Å²) < 4.78 is 9.03. The van der Waals surface area contributed by atoms with E-state index in [1.807, 2.05) is 0 Å². The molecule has 1 fully saturated rings. The molecule has 0 aromatic heterocycles. The van der Waals surface area contributed by atoms with Gasteiger partial charge in [0.15, 0.2) is 10.6 Å². The minimum atomic E-state index is -1.01. The second-order valence-corrected chi connectivity index (χ2v) is 4.62. The van der Waals surface area contributed by atoms with Crippen LogP contribution in [0.5, 0.6) is 0 Å². The molecule has 1 rings (SSSR count). The molecule has 1 aliphatic heterocycles. The van der Waals surface area contributed by atoms with Crippen molar-refractivity contribution in [3.63, 3.8) is 0 Å². The lowest BCUT2D eigenvalue weighted by atomic mass is 10.2. The predicted molar refractivity (Wildman–Crippen MR) is 45.4 cm³/mol. The van der Waals surface area contributed by atoms with Gasteiger partial charge in [-0.2, -0.15) is 0 Å². The van der Waals surface area contributed by atoms with Gasteiger partial charge < -0.3 is 9.47 Å². The second-order valence-electron chi connectivity index (χ2n) is 2.46. The molecule has 0 aliphatic carbocycles. The van der Waals surface area contributed by atoms with Crippen LogP contribution in [0.3, 0.4) is 0 Å². The Hall–Kier alpha value is 0.790. The van der Waals surface area contributed by atoms with Gasteiger partial charge in [-0.1, -0.05) is 23.2 Å². The van der Waals surface area contributed by atoms with Crippen molar-refractivity contribution in [2.75, 3.05) is 13.7 Å². The van der Waals surface area contributed by atoms with Crippen LogP contribution in [0.2, 0.25) is 0 Å². The zero-order valence-corrected chi connectivity index (χ0v) is 8.29. The average molecular weight is 219 g/mol. The lowest BCUT2D eigenvalue weighted by molar-refractivity contribution is -0.149. The van der Waals surface area contributed by atoms with Crippen LogP contribution in [0.1, 0.15) is 6.42 Å². The molecule has 0 amide bonds. The van der Waals surface area contributed by atoms with E-state index in [1.165, 1.54) is 7.11 Å². The molecule has 0 bridgehead atoms. The SMILES string of the molecule is COC1OCC(Cl)CC1(Cl)Cl. The Kier molecular flexibility index (Phi) is 3.29. The Morgan fingerprint density at radius 2 is 2.18 bits per heavy atom. The summed E-state index contributed by atoms with van der Waals surface area (Å²) in [5.41, 5.74) is 0. The third-order valence-electron chi connectivity index (χ3n) is 1.48. The summed E-state index contributed by atoms with van der Waals surface area (Å²) in [6, 6.07) is 0. The summed E-state index contributed by atoms with van der Waals surface area (Å²) in [5, 5.41) is -0.128. The molecule has 5 heteroatoms. The summed E-state index contributed by atoms with van der Waals surface area (Å²) >= 11 is 17.5. The third-order valence-corrected chi connectivity index (χ3v) is 2.43. The molecule has 2 atom stereocenters. The van der Waals surface area contributed by atoms with Crippen molar-refractivity contribution in [2.24, 2.45) is 0 Å². The minimum absolute atomic E-state index is 0.128. The van der Waals surface area contributed by atoms with Gasteiger partial charge in [0, 0.05) is 13.5 Å². The average Bonchev–Trinajstić information content (AvgIpc) is 1.85. The van der Waals surface area contributed by atoms with Crippen LogP contribution in [0, 0.1) is 0 Å². The van der Waals surface area contributed by atoms with Gasteiger partial charge in [0.05, 0.1) is 12.0 Å². The topological polar surface area (TPSA) is 18.5 Å². The fraction of sp³-hybridized carbons (Fsp3) is 1.00. The molecule has 2 nitrogen and oxygen atoms in total. The monoisotopic (exact) mass is 218 g/mol. The molecular formula is C6H9Cl3O2. The summed E-state index contributed by atoms with van der Waals surface area (Å²) in [5.74, 6) is 0. The number of hydrogen-bond donors (Lipinski definition) is 0. The van der Waals surface area contributed by atoms with Crippen molar-refractivity contribution in [1.82, 2.24) is 0 Å². The van der Waals surface area contributed by atoms with Gasteiger partial charge in [-0.25, -0.2) is 0 Å². The Morgan fingerprint density at radius 1 is 1.55 bits per heavy atom. The van der Waals surface area contributed by atoms with Crippen molar-refractivity contribution in [3.8, 4) is 0 Å². The van der Waals surface area contributed by atoms with Crippen LogP contribution in [0.25, 0.3) is 0 Å². The molecule has 1 aliphatic rings. The van der Waals surface area contributed by atoms with E-state index in [2.05, 4.69) is 0 Å². The normalized spacial score (nSPS) is 37.1. The van der Waals surface area contributed by atoms with Gasteiger partial charge in [-0.05, 0) is 0 Å². The van der Waals surface area contributed by atoms with Gasteiger partial charge in [0.25, 0.3) is 0 Å². The molecule has 0 saturated carbocycles. The van der Waals surface area contributed by atoms with E-state index in [0.717, 1.165) is 0 Å². The van der Waals surface area contributed by atoms with Crippen molar-refractivity contribution < 1.29 is 9.47 Å². The number of ether oxygens (including phenoxy) is 2. The molecule has 0 radical (unpaired) electrons. The standard InChI is InChI=1S/C6H9Cl3O2/c1-10-5-6(8,9)2-4(7)3-11-5/h4-5H,2-3H2,1H3. The highest BCUT2D eigenvalue weighted by Gasteiger charge is 2.42. The smallest absolute Gasteiger partial charge is 0.190 e. The lowest BCUT2D eigenvalue weighted by Gasteiger charge is -2.35. The first-order valence-corrected chi connectivity index (χ1v) is 4.42. The molecule has 0 spiro atoms. The maximum atomic E-state index is 5.86. The number of rotatable bonds is 1. The predicted octanol–water partition coefficient (Wildman–Crippen LogP) is 2.16. The van der Waals surface area contributed by atoms with Crippen molar-refractivity contribution in [3.05, 3.63) is 0 Å². The van der Waals surface area contributed by atoms with E-state index in [1.54, 1.807) is 0 Å². The van der Waals surface area contributed by atoms with E-state index >= 15 is 0 Å². The maximum absolute atomic E-state index is 5.86. The van der Waals surface area contributed by atoms with Gasteiger partial charge >= 0.3 is 0 Å². The fourth-order valence-electron chi connectivity index (χ4n) is 1.00. The Bertz CT molecular complexity index is 140. The zero-order valence-electron chi connectivity index (χ0n) is 6.02. The van der Waals surface area contributed by atoms with Crippen LogP contribution in [0.4, 0.5) is 0 Å². The molecule has 0 aromatic rings. The Balaban J connectivity index is 2.56. The molecule has 1 saturated heterocycles. The fourth-order valence-corrected chi connectivity index (χ4v) is 2.16. The number of hydrogen-bond acceptors (Lipinski definition) is 2. The van der Waals surface area contributed by atoms with Crippen LogP contribution in [-0.4, -0.2) is 29.7 Å². The molecule has 0 N–H and O–H groups in total. The first kappa shape index (κ1) is 9.87. The summed E-state index contributed by atoms with van der Waals surface area (Å²) in [4.78, 5) is 0. The van der Waals surface area contributed by atoms with Crippen molar-refractivity contribution >= 4 is 34.8 Å². The first-order valence-electron chi connectivity index (χ1n) is 3.22. The van der Waals surface area contributed by atoms with Crippen LogP contribution in [0.15, 0.2) is 0 Å². The molecule has 0 aromatic carbocycles. The van der Waals surface area contributed by atoms with Gasteiger partial charge in [0.1, 0.15) is 0 Å². The Morgan fingerprint density at radius 3 is 2.64 bits per heavy atom. The zero-order chi connectivity index (χ0) is 8.48. The van der Waals surface area contributed by atoms with Crippen LogP contribution in [-0.2, 0) is 9.47 Å². The number of alkyl halides is 3. The minimum Gasteiger partial charge on any atom is -0.353 e. The maximum Gasteiger partial charge on any atom is 0.190 e. The van der Waals surface area contributed by atoms with E-state index in [4.69, 9.17) is 44.3 Å². The van der Waals surface area contributed by atoms with Gasteiger partial charge in [0.2, 0.25) is 0 Å². The highest BCUT2D eigenvalue weighted by atomic mass is 35.5. The van der Waals surface area contributed by atoms with Crippen molar-refractivity contribution in [1.29, 1.82) is 0 Å². The van der Waals surface area contributed by atoms with E-state index < -0.39 is 10.6 Å². The van der Waals surface area contributed by atoms with Crippen molar-refractivity contribution in [2.45, 2.75) is 22.4 Å². The quantitative estimate of drug-likeness (QED) is 0.629. The molecule has 2 unspecified atom stereocenters.